The average molecular weight is 290 g/mol. The van der Waals surface area contributed by atoms with E-state index in [-0.39, 0.29) is 11.9 Å². The maximum atomic E-state index is 12.0. The van der Waals surface area contributed by atoms with Gasteiger partial charge in [0.05, 0.1) is 24.8 Å². The Hall–Kier alpha value is -2.04. The van der Waals surface area contributed by atoms with Crippen LogP contribution in [0.4, 0.5) is 0 Å². The first-order valence-electron chi connectivity index (χ1n) is 7.33. The van der Waals surface area contributed by atoms with Crippen molar-refractivity contribution in [2.75, 3.05) is 13.7 Å². The monoisotopic (exact) mass is 290 g/mol. The number of carbonyl (C=O) groups is 1. The lowest BCUT2D eigenvalue weighted by Crippen LogP contribution is -2.17. The lowest BCUT2D eigenvalue weighted by molar-refractivity contribution is -0.144. The number of methoxy groups -OCH3 is 1. The number of imidazole rings is 1. The van der Waals surface area contributed by atoms with Crippen LogP contribution in [0.5, 0.6) is 5.75 Å². The first-order chi connectivity index (χ1) is 10.1. The molecule has 2 rings (SSSR count). The van der Waals surface area contributed by atoms with Gasteiger partial charge in [0.15, 0.2) is 0 Å². The van der Waals surface area contributed by atoms with Gasteiger partial charge in [-0.25, -0.2) is 4.98 Å². The van der Waals surface area contributed by atoms with E-state index in [1.165, 1.54) is 0 Å². The molecule has 1 heterocycles. The number of carbonyl (C=O) groups excluding carboxylic acids is 1. The molecule has 21 heavy (non-hydrogen) atoms. The second-order valence-corrected chi connectivity index (χ2v) is 4.95. The van der Waals surface area contributed by atoms with E-state index >= 15 is 0 Å². The second kappa shape index (κ2) is 6.61. The van der Waals surface area contributed by atoms with Crippen LogP contribution in [0.3, 0.4) is 0 Å². The summed E-state index contributed by atoms with van der Waals surface area (Å²) in [4.78, 5) is 16.6. The molecule has 1 aromatic carbocycles. The van der Waals surface area contributed by atoms with Crippen molar-refractivity contribution >= 4 is 17.0 Å². The molecule has 1 atom stereocenters. The molecule has 5 nitrogen and oxygen atoms in total. The third kappa shape index (κ3) is 3.01. The van der Waals surface area contributed by atoms with Gasteiger partial charge in [-0.05, 0) is 32.4 Å². The molecule has 0 fully saturated rings. The summed E-state index contributed by atoms with van der Waals surface area (Å²) in [5.41, 5.74) is 1.86. The highest BCUT2D eigenvalue weighted by molar-refractivity contribution is 5.82. The van der Waals surface area contributed by atoms with E-state index in [4.69, 9.17) is 9.47 Å². The van der Waals surface area contributed by atoms with Crippen LogP contribution in [0.2, 0.25) is 0 Å². The number of nitrogens with zero attached hydrogens (tertiary/aromatic N) is 2. The molecule has 5 heteroatoms. The molecule has 1 unspecified atom stereocenters. The second-order valence-electron chi connectivity index (χ2n) is 4.95. The smallest absolute Gasteiger partial charge is 0.316 e. The number of hydrogen-bond donors (Lipinski definition) is 0. The van der Waals surface area contributed by atoms with E-state index in [0.29, 0.717) is 6.61 Å². The average Bonchev–Trinajstić information content (AvgIpc) is 2.85. The first kappa shape index (κ1) is 15.4. The van der Waals surface area contributed by atoms with Crippen molar-refractivity contribution in [2.45, 2.75) is 39.7 Å². The Morgan fingerprint density at radius 3 is 2.76 bits per heavy atom. The Balaban J connectivity index is 2.50. The van der Waals surface area contributed by atoms with Crippen molar-refractivity contribution in [3.8, 4) is 5.75 Å². The molecule has 0 bridgehead atoms. The molecule has 0 radical (unpaired) electrons. The van der Waals surface area contributed by atoms with Crippen LogP contribution < -0.4 is 4.74 Å². The van der Waals surface area contributed by atoms with E-state index in [1.54, 1.807) is 7.11 Å². The van der Waals surface area contributed by atoms with Gasteiger partial charge >= 0.3 is 5.97 Å². The molecular formula is C16H22N2O3. The minimum Gasteiger partial charge on any atom is -0.497 e. The maximum Gasteiger partial charge on any atom is 0.316 e. The van der Waals surface area contributed by atoms with Crippen LogP contribution in [0.25, 0.3) is 11.0 Å². The summed E-state index contributed by atoms with van der Waals surface area (Å²) in [5.74, 6) is 0.893. The van der Waals surface area contributed by atoms with Gasteiger partial charge in [-0.1, -0.05) is 6.92 Å². The maximum absolute atomic E-state index is 12.0. The topological polar surface area (TPSA) is 53.4 Å². The van der Waals surface area contributed by atoms with Crippen molar-refractivity contribution < 1.29 is 14.3 Å². The molecule has 0 amide bonds. The summed E-state index contributed by atoms with van der Waals surface area (Å²) in [5, 5.41) is 0. The number of esters is 1. The summed E-state index contributed by atoms with van der Waals surface area (Å²) in [6.07, 6.45) is 0.972. The van der Waals surface area contributed by atoms with Crippen LogP contribution in [-0.2, 0) is 16.1 Å². The first-order valence-corrected chi connectivity index (χ1v) is 7.33. The highest BCUT2D eigenvalue weighted by Gasteiger charge is 2.23. The van der Waals surface area contributed by atoms with E-state index in [2.05, 4.69) is 16.5 Å². The zero-order valence-corrected chi connectivity index (χ0v) is 13.0. The Bertz CT molecular complexity index is 634. The quantitative estimate of drug-likeness (QED) is 0.767. The molecule has 114 valence electrons. The summed E-state index contributed by atoms with van der Waals surface area (Å²) in [7, 11) is 1.63. The van der Waals surface area contributed by atoms with E-state index in [0.717, 1.165) is 35.6 Å². The number of rotatable bonds is 6. The summed E-state index contributed by atoms with van der Waals surface area (Å²) in [6, 6.07) is 5.79. The largest absolute Gasteiger partial charge is 0.497 e. The minimum atomic E-state index is -0.380. The molecule has 1 aromatic heterocycles. The molecule has 0 aliphatic heterocycles. The standard InChI is InChI=1S/C16H22N2O3/c1-5-9-18-14-8-7-12(20-4)10-13(14)17-15(18)11(3)16(19)21-6-2/h7-8,10-11H,5-6,9H2,1-4H3. The molecule has 0 spiro atoms. The summed E-state index contributed by atoms with van der Waals surface area (Å²) < 4.78 is 12.4. The van der Waals surface area contributed by atoms with Gasteiger partial charge in [-0.3, -0.25) is 4.79 Å². The van der Waals surface area contributed by atoms with Crippen LogP contribution in [0.1, 0.15) is 38.9 Å². The zero-order valence-electron chi connectivity index (χ0n) is 13.0. The Morgan fingerprint density at radius 1 is 1.38 bits per heavy atom. The number of aryl methyl sites for hydroxylation is 1. The van der Waals surface area contributed by atoms with Gasteiger partial charge in [0.25, 0.3) is 0 Å². The fraction of sp³-hybridized carbons (Fsp3) is 0.500. The lowest BCUT2D eigenvalue weighted by atomic mass is 10.1. The number of ether oxygens (including phenoxy) is 2. The highest BCUT2D eigenvalue weighted by atomic mass is 16.5. The Kier molecular flexibility index (Phi) is 4.83. The van der Waals surface area contributed by atoms with Gasteiger partial charge in [0, 0.05) is 12.6 Å². The van der Waals surface area contributed by atoms with E-state index in [9.17, 15) is 4.79 Å². The predicted octanol–water partition coefficient (Wildman–Crippen LogP) is 3.12. The van der Waals surface area contributed by atoms with Gasteiger partial charge in [-0.15, -0.1) is 0 Å². The molecule has 0 N–H and O–H groups in total. The van der Waals surface area contributed by atoms with Crippen LogP contribution in [-0.4, -0.2) is 29.2 Å². The Labute approximate surface area is 124 Å². The van der Waals surface area contributed by atoms with Crippen molar-refractivity contribution in [3.05, 3.63) is 24.0 Å². The highest BCUT2D eigenvalue weighted by Crippen LogP contribution is 2.26. The molecule has 2 aromatic rings. The molecule has 0 aliphatic rings. The van der Waals surface area contributed by atoms with Crippen molar-refractivity contribution in [1.82, 2.24) is 9.55 Å². The van der Waals surface area contributed by atoms with Gasteiger partial charge in [0.1, 0.15) is 17.5 Å². The van der Waals surface area contributed by atoms with E-state index < -0.39 is 0 Å². The van der Waals surface area contributed by atoms with Crippen LogP contribution >= 0.6 is 0 Å². The van der Waals surface area contributed by atoms with Crippen LogP contribution in [0, 0.1) is 0 Å². The molecule has 0 saturated heterocycles. The number of hydrogen-bond acceptors (Lipinski definition) is 4. The molecule has 0 saturated carbocycles. The Morgan fingerprint density at radius 2 is 2.14 bits per heavy atom. The normalized spacial score (nSPS) is 12.4. The van der Waals surface area contributed by atoms with Crippen molar-refractivity contribution in [3.63, 3.8) is 0 Å². The third-order valence-electron chi connectivity index (χ3n) is 3.46. The minimum absolute atomic E-state index is 0.239. The van der Waals surface area contributed by atoms with Gasteiger partial charge in [0.2, 0.25) is 0 Å². The fourth-order valence-electron chi connectivity index (χ4n) is 2.42. The van der Waals surface area contributed by atoms with Crippen molar-refractivity contribution in [2.24, 2.45) is 0 Å². The zero-order chi connectivity index (χ0) is 15.4. The molecular weight excluding hydrogens is 268 g/mol. The predicted molar refractivity (Wildman–Crippen MR) is 81.6 cm³/mol. The van der Waals surface area contributed by atoms with Crippen molar-refractivity contribution in [1.29, 1.82) is 0 Å². The van der Waals surface area contributed by atoms with Gasteiger partial charge in [-0.2, -0.15) is 0 Å². The number of aromatic nitrogens is 2. The number of fused-ring (bicyclic) bond motifs is 1. The summed E-state index contributed by atoms with van der Waals surface area (Å²) >= 11 is 0. The van der Waals surface area contributed by atoms with Crippen LogP contribution in [0.15, 0.2) is 18.2 Å². The van der Waals surface area contributed by atoms with Gasteiger partial charge < -0.3 is 14.0 Å². The molecule has 0 aliphatic carbocycles. The fourth-order valence-corrected chi connectivity index (χ4v) is 2.42. The number of benzene rings is 1. The van der Waals surface area contributed by atoms with E-state index in [1.807, 2.05) is 32.0 Å². The third-order valence-corrected chi connectivity index (χ3v) is 3.46. The SMILES string of the molecule is CCCn1c(C(C)C(=O)OCC)nc2cc(OC)ccc21. The lowest BCUT2D eigenvalue weighted by Gasteiger charge is -2.13. The summed E-state index contributed by atoms with van der Waals surface area (Å²) in [6.45, 7) is 6.95.